The molecule has 88 valence electrons. The SMILES string of the molecule is CC1CCCC(Nc2nc(Cl)nnc2Cl)C1. The summed E-state index contributed by atoms with van der Waals surface area (Å²) >= 11 is 11.6. The van der Waals surface area contributed by atoms with E-state index in [2.05, 4.69) is 27.4 Å². The molecule has 2 rings (SSSR count). The van der Waals surface area contributed by atoms with Crippen LogP contribution in [-0.4, -0.2) is 21.2 Å². The summed E-state index contributed by atoms with van der Waals surface area (Å²) in [7, 11) is 0. The molecule has 16 heavy (non-hydrogen) atoms. The molecule has 1 heterocycles. The fourth-order valence-electron chi connectivity index (χ4n) is 2.14. The van der Waals surface area contributed by atoms with Crippen molar-refractivity contribution in [2.45, 2.75) is 38.6 Å². The van der Waals surface area contributed by atoms with Gasteiger partial charge in [-0.05, 0) is 30.4 Å². The first-order chi connectivity index (χ1) is 7.65. The minimum Gasteiger partial charge on any atom is -0.365 e. The third-order valence-electron chi connectivity index (χ3n) is 2.90. The first-order valence-corrected chi connectivity index (χ1v) is 6.23. The average Bonchev–Trinajstić information content (AvgIpc) is 2.24. The molecule has 1 saturated carbocycles. The van der Waals surface area contributed by atoms with Crippen molar-refractivity contribution in [2.75, 3.05) is 5.32 Å². The molecule has 1 aromatic heterocycles. The molecule has 1 aliphatic rings. The molecular weight excluding hydrogens is 247 g/mol. The number of anilines is 1. The van der Waals surface area contributed by atoms with Gasteiger partial charge in [-0.15, -0.1) is 10.2 Å². The van der Waals surface area contributed by atoms with Gasteiger partial charge in [-0.25, -0.2) is 0 Å². The van der Waals surface area contributed by atoms with Gasteiger partial charge in [0.2, 0.25) is 5.28 Å². The van der Waals surface area contributed by atoms with Crippen molar-refractivity contribution in [3.8, 4) is 0 Å². The highest BCUT2D eigenvalue weighted by atomic mass is 35.5. The second kappa shape index (κ2) is 5.15. The standard InChI is InChI=1S/C10H14Cl2N4/c1-6-3-2-4-7(5-6)13-9-8(11)15-16-10(12)14-9/h6-7H,2-5H2,1H3,(H,13,14,16). The summed E-state index contributed by atoms with van der Waals surface area (Å²) < 4.78 is 0. The Morgan fingerprint density at radius 1 is 1.25 bits per heavy atom. The second-order valence-electron chi connectivity index (χ2n) is 4.33. The Kier molecular flexibility index (Phi) is 3.82. The Labute approximate surface area is 105 Å². The maximum Gasteiger partial charge on any atom is 0.245 e. The van der Waals surface area contributed by atoms with E-state index in [4.69, 9.17) is 23.2 Å². The van der Waals surface area contributed by atoms with E-state index in [1.54, 1.807) is 0 Å². The van der Waals surface area contributed by atoms with Gasteiger partial charge in [0, 0.05) is 6.04 Å². The van der Waals surface area contributed by atoms with E-state index in [9.17, 15) is 0 Å². The lowest BCUT2D eigenvalue weighted by molar-refractivity contribution is 0.358. The molecule has 1 aliphatic carbocycles. The normalized spacial score (nSPS) is 25.4. The van der Waals surface area contributed by atoms with Crippen LogP contribution in [0.4, 0.5) is 5.82 Å². The van der Waals surface area contributed by atoms with E-state index < -0.39 is 0 Å². The predicted molar refractivity (Wildman–Crippen MR) is 64.9 cm³/mol. The maximum absolute atomic E-state index is 5.89. The van der Waals surface area contributed by atoms with E-state index in [0.29, 0.717) is 11.9 Å². The van der Waals surface area contributed by atoms with Crippen molar-refractivity contribution in [2.24, 2.45) is 5.92 Å². The molecule has 4 nitrogen and oxygen atoms in total. The van der Waals surface area contributed by atoms with Gasteiger partial charge in [0.05, 0.1) is 0 Å². The van der Waals surface area contributed by atoms with Gasteiger partial charge in [0.25, 0.3) is 0 Å². The first-order valence-electron chi connectivity index (χ1n) is 5.47. The molecule has 6 heteroatoms. The molecule has 0 aliphatic heterocycles. The molecule has 1 aromatic rings. The van der Waals surface area contributed by atoms with E-state index in [1.807, 2.05) is 0 Å². The molecule has 0 spiro atoms. The zero-order valence-corrected chi connectivity index (χ0v) is 10.6. The van der Waals surface area contributed by atoms with E-state index >= 15 is 0 Å². The lowest BCUT2D eigenvalue weighted by atomic mass is 9.87. The third kappa shape index (κ3) is 2.95. The molecular formula is C10H14Cl2N4. The number of nitrogens with one attached hydrogen (secondary N) is 1. The molecule has 1 fully saturated rings. The number of hydrogen-bond acceptors (Lipinski definition) is 4. The van der Waals surface area contributed by atoms with Crippen molar-refractivity contribution in [1.29, 1.82) is 0 Å². The van der Waals surface area contributed by atoms with E-state index in [1.165, 1.54) is 12.8 Å². The van der Waals surface area contributed by atoms with Gasteiger partial charge in [0.1, 0.15) is 0 Å². The number of nitrogens with zero attached hydrogens (tertiary/aromatic N) is 3. The number of rotatable bonds is 2. The van der Waals surface area contributed by atoms with Crippen LogP contribution in [0.25, 0.3) is 0 Å². The molecule has 0 saturated heterocycles. The fourth-order valence-corrected chi connectivity index (χ4v) is 2.40. The molecule has 0 amide bonds. The van der Waals surface area contributed by atoms with Crippen LogP contribution in [0.3, 0.4) is 0 Å². The predicted octanol–water partition coefficient (Wildman–Crippen LogP) is 3.17. The number of hydrogen-bond donors (Lipinski definition) is 1. The summed E-state index contributed by atoms with van der Waals surface area (Å²) in [6, 6.07) is 0.411. The van der Waals surface area contributed by atoms with Crippen molar-refractivity contribution >= 4 is 29.0 Å². The van der Waals surface area contributed by atoms with Gasteiger partial charge in [-0.2, -0.15) is 4.98 Å². The van der Waals surface area contributed by atoms with Gasteiger partial charge in [-0.1, -0.05) is 31.4 Å². The van der Waals surface area contributed by atoms with Crippen LogP contribution in [0.1, 0.15) is 32.6 Å². The van der Waals surface area contributed by atoms with E-state index in [0.717, 1.165) is 18.8 Å². The van der Waals surface area contributed by atoms with Crippen LogP contribution in [0.2, 0.25) is 10.4 Å². The smallest absolute Gasteiger partial charge is 0.245 e. The largest absolute Gasteiger partial charge is 0.365 e. The van der Waals surface area contributed by atoms with Crippen molar-refractivity contribution < 1.29 is 0 Å². The summed E-state index contributed by atoms with van der Waals surface area (Å²) in [4.78, 5) is 4.04. The molecule has 0 radical (unpaired) electrons. The Hall–Kier alpha value is -0.610. The van der Waals surface area contributed by atoms with Gasteiger partial charge in [-0.3, -0.25) is 0 Å². The highest BCUT2D eigenvalue weighted by molar-refractivity contribution is 6.32. The van der Waals surface area contributed by atoms with Crippen molar-refractivity contribution in [3.63, 3.8) is 0 Å². The zero-order valence-electron chi connectivity index (χ0n) is 9.08. The lowest BCUT2D eigenvalue weighted by Crippen LogP contribution is -2.27. The number of aromatic nitrogens is 3. The quantitative estimate of drug-likeness (QED) is 0.888. The minimum atomic E-state index is 0.121. The van der Waals surface area contributed by atoms with Crippen LogP contribution in [0.15, 0.2) is 0 Å². The van der Waals surface area contributed by atoms with E-state index in [-0.39, 0.29) is 10.4 Å². The second-order valence-corrected chi connectivity index (χ2v) is 5.03. The molecule has 2 unspecified atom stereocenters. The summed E-state index contributed by atoms with van der Waals surface area (Å²) in [5.41, 5.74) is 0. The van der Waals surface area contributed by atoms with Crippen LogP contribution in [0, 0.1) is 5.92 Å². The molecule has 2 atom stereocenters. The summed E-state index contributed by atoms with van der Waals surface area (Å²) in [6.07, 6.45) is 4.82. The fraction of sp³-hybridized carbons (Fsp3) is 0.700. The molecule has 0 bridgehead atoms. The molecule has 0 aromatic carbocycles. The van der Waals surface area contributed by atoms with Crippen molar-refractivity contribution in [3.05, 3.63) is 10.4 Å². The Bertz CT molecular complexity index is 372. The monoisotopic (exact) mass is 260 g/mol. The zero-order chi connectivity index (χ0) is 11.5. The Balaban J connectivity index is 2.05. The van der Waals surface area contributed by atoms with Crippen LogP contribution in [0.5, 0.6) is 0 Å². The third-order valence-corrected chi connectivity index (χ3v) is 3.31. The van der Waals surface area contributed by atoms with Crippen LogP contribution < -0.4 is 5.32 Å². The van der Waals surface area contributed by atoms with Gasteiger partial charge >= 0.3 is 0 Å². The highest BCUT2D eigenvalue weighted by Gasteiger charge is 2.20. The maximum atomic E-state index is 5.89. The minimum absolute atomic E-state index is 0.121. The van der Waals surface area contributed by atoms with Crippen molar-refractivity contribution in [1.82, 2.24) is 15.2 Å². The summed E-state index contributed by atoms with van der Waals surface area (Å²) in [5.74, 6) is 1.29. The topological polar surface area (TPSA) is 50.7 Å². The molecule has 1 N–H and O–H groups in total. The lowest BCUT2D eigenvalue weighted by Gasteiger charge is -2.27. The average molecular weight is 261 g/mol. The van der Waals surface area contributed by atoms with Crippen LogP contribution >= 0.6 is 23.2 Å². The summed E-state index contributed by atoms with van der Waals surface area (Å²) in [6.45, 7) is 2.26. The Morgan fingerprint density at radius 2 is 2.06 bits per heavy atom. The number of halogens is 2. The van der Waals surface area contributed by atoms with Crippen LogP contribution in [-0.2, 0) is 0 Å². The Morgan fingerprint density at radius 3 is 2.81 bits per heavy atom. The van der Waals surface area contributed by atoms with Gasteiger partial charge in [0.15, 0.2) is 11.0 Å². The highest BCUT2D eigenvalue weighted by Crippen LogP contribution is 2.27. The first kappa shape index (κ1) is 11.9. The summed E-state index contributed by atoms with van der Waals surface area (Å²) in [5, 5.41) is 11.0. The van der Waals surface area contributed by atoms with Gasteiger partial charge < -0.3 is 5.32 Å².